The summed E-state index contributed by atoms with van der Waals surface area (Å²) in [6.45, 7) is -0.528. The van der Waals surface area contributed by atoms with Crippen LogP contribution in [0.4, 0.5) is 0 Å². The first-order valence-corrected chi connectivity index (χ1v) is 11.8. The summed E-state index contributed by atoms with van der Waals surface area (Å²) in [5.74, 6) is -3.95. The fourth-order valence-electron chi connectivity index (χ4n) is 3.79. The number of nitrogens with two attached hydrogens (primary N) is 2. The minimum absolute atomic E-state index is 0.00208. The molecule has 3 rings (SSSR count). The van der Waals surface area contributed by atoms with Gasteiger partial charge in [-0.2, -0.15) is 0 Å². The minimum Gasteiger partial charge on any atom is -0.480 e. The largest absolute Gasteiger partial charge is 0.480 e. The van der Waals surface area contributed by atoms with Crippen LogP contribution < -0.4 is 27.4 Å². The van der Waals surface area contributed by atoms with Crippen molar-refractivity contribution < 1.29 is 29.1 Å². The Morgan fingerprint density at radius 2 is 1.76 bits per heavy atom. The highest BCUT2D eigenvalue weighted by Gasteiger charge is 2.27. The van der Waals surface area contributed by atoms with Gasteiger partial charge in [-0.05, 0) is 18.1 Å². The van der Waals surface area contributed by atoms with Gasteiger partial charge in [-0.25, -0.2) is 9.78 Å². The number of aromatic nitrogens is 3. The van der Waals surface area contributed by atoms with E-state index in [4.69, 9.17) is 11.5 Å². The van der Waals surface area contributed by atoms with Gasteiger partial charge in [-0.3, -0.25) is 19.2 Å². The van der Waals surface area contributed by atoms with Gasteiger partial charge >= 0.3 is 5.97 Å². The van der Waals surface area contributed by atoms with Gasteiger partial charge in [0.15, 0.2) is 0 Å². The Balaban J connectivity index is 1.66. The van der Waals surface area contributed by atoms with Crippen LogP contribution in [0.3, 0.4) is 0 Å². The fourth-order valence-corrected chi connectivity index (χ4v) is 3.79. The zero-order chi connectivity index (χ0) is 27.7. The molecule has 0 aliphatic heterocycles. The van der Waals surface area contributed by atoms with Gasteiger partial charge < -0.3 is 42.5 Å². The number of amides is 4. The molecule has 0 aliphatic rings. The quantitative estimate of drug-likeness (QED) is 0.122. The topological polar surface area (TPSA) is 238 Å². The number of carboxylic acids is 1. The Hall–Kier alpha value is -4.72. The van der Waals surface area contributed by atoms with Crippen molar-refractivity contribution in [1.29, 1.82) is 0 Å². The maximum atomic E-state index is 13.0. The SMILES string of the molecule is NC(=O)CCC(N)C(=O)NC(Cc1c[nH]c2ccccc12)C(=O)NCC(=O)NC(Cc1cnc[nH]1)C(=O)O. The third kappa shape index (κ3) is 7.89. The number of rotatable bonds is 14. The van der Waals surface area contributed by atoms with E-state index < -0.39 is 54.3 Å². The number of primary amides is 1. The summed E-state index contributed by atoms with van der Waals surface area (Å²) in [5, 5.41) is 17.6. The molecule has 3 unspecified atom stereocenters. The monoisotopic (exact) mass is 526 g/mol. The van der Waals surface area contributed by atoms with Crippen LogP contribution >= 0.6 is 0 Å². The molecule has 0 aliphatic carbocycles. The molecule has 4 amide bonds. The van der Waals surface area contributed by atoms with Crippen LogP contribution in [0.1, 0.15) is 24.1 Å². The number of benzene rings is 1. The zero-order valence-corrected chi connectivity index (χ0v) is 20.4. The molecule has 10 N–H and O–H groups in total. The van der Waals surface area contributed by atoms with Crippen LogP contribution in [0.25, 0.3) is 10.9 Å². The van der Waals surface area contributed by atoms with Gasteiger partial charge in [0.25, 0.3) is 0 Å². The second-order valence-corrected chi connectivity index (χ2v) is 8.69. The number of H-pyrrole nitrogens is 2. The first kappa shape index (κ1) is 27.9. The molecule has 14 heteroatoms. The molecule has 1 aromatic carbocycles. The molecular formula is C24H30N8O6. The molecule has 0 bridgehead atoms. The van der Waals surface area contributed by atoms with E-state index >= 15 is 0 Å². The van der Waals surface area contributed by atoms with E-state index in [1.54, 1.807) is 6.20 Å². The van der Waals surface area contributed by atoms with E-state index in [1.165, 1.54) is 12.5 Å². The number of para-hydroxylation sites is 1. The Morgan fingerprint density at radius 1 is 1.00 bits per heavy atom. The van der Waals surface area contributed by atoms with E-state index in [9.17, 15) is 29.1 Å². The third-order valence-electron chi connectivity index (χ3n) is 5.81. The standard InChI is InChI=1S/C24H30N8O6/c25-16(5-6-20(26)33)22(35)32-18(7-13-9-28-17-4-2-1-3-15(13)17)23(36)29-11-21(34)31-19(24(37)38)8-14-10-27-12-30-14/h1-4,9-10,12,16,18-19,28H,5-8,11,25H2,(H2,26,33)(H,27,30)(H,29,36)(H,31,34)(H,32,35)(H,37,38). The average molecular weight is 527 g/mol. The molecule has 0 saturated carbocycles. The van der Waals surface area contributed by atoms with Crippen LogP contribution in [0.5, 0.6) is 0 Å². The van der Waals surface area contributed by atoms with Crippen LogP contribution in [-0.4, -0.2) is 74.3 Å². The van der Waals surface area contributed by atoms with Crippen molar-refractivity contribution in [3.63, 3.8) is 0 Å². The first-order valence-electron chi connectivity index (χ1n) is 11.8. The average Bonchev–Trinajstić information content (AvgIpc) is 3.55. The van der Waals surface area contributed by atoms with E-state index in [0.717, 1.165) is 16.5 Å². The minimum atomic E-state index is -1.26. The fraction of sp³-hybridized carbons (Fsp3) is 0.333. The number of nitrogens with zero attached hydrogens (tertiary/aromatic N) is 1. The smallest absolute Gasteiger partial charge is 0.326 e. The number of aliphatic carboxylic acids is 1. The molecular weight excluding hydrogens is 496 g/mol. The molecule has 0 fully saturated rings. The summed E-state index contributed by atoms with van der Waals surface area (Å²) in [6.07, 6.45) is 4.48. The van der Waals surface area contributed by atoms with Gasteiger partial charge in [0.05, 0.1) is 18.9 Å². The number of hydrogen-bond donors (Lipinski definition) is 8. The van der Waals surface area contributed by atoms with Gasteiger partial charge in [-0.15, -0.1) is 0 Å². The van der Waals surface area contributed by atoms with Crippen molar-refractivity contribution in [2.24, 2.45) is 11.5 Å². The van der Waals surface area contributed by atoms with E-state index in [-0.39, 0.29) is 25.7 Å². The summed E-state index contributed by atoms with van der Waals surface area (Å²) >= 11 is 0. The highest BCUT2D eigenvalue weighted by molar-refractivity contribution is 5.93. The normalized spacial score (nSPS) is 13.3. The summed E-state index contributed by atoms with van der Waals surface area (Å²) < 4.78 is 0. The number of nitrogens with one attached hydrogen (secondary N) is 5. The maximum Gasteiger partial charge on any atom is 0.326 e. The van der Waals surface area contributed by atoms with Crippen molar-refractivity contribution in [2.75, 3.05) is 6.54 Å². The van der Waals surface area contributed by atoms with Crippen LogP contribution in [0.15, 0.2) is 43.0 Å². The maximum absolute atomic E-state index is 13.0. The Morgan fingerprint density at radius 3 is 2.45 bits per heavy atom. The van der Waals surface area contributed by atoms with Crippen LogP contribution in [0.2, 0.25) is 0 Å². The third-order valence-corrected chi connectivity index (χ3v) is 5.81. The van der Waals surface area contributed by atoms with Gasteiger partial charge in [0.2, 0.25) is 23.6 Å². The van der Waals surface area contributed by atoms with Gasteiger partial charge in [0.1, 0.15) is 12.1 Å². The Labute approximate surface area is 216 Å². The second kappa shape index (κ2) is 13.0. The number of carbonyl (C=O) groups excluding carboxylic acids is 4. The first-order chi connectivity index (χ1) is 18.1. The lowest BCUT2D eigenvalue weighted by molar-refractivity contribution is -0.141. The molecule has 3 atom stereocenters. The predicted molar refractivity (Wildman–Crippen MR) is 135 cm³/mol. The number of aromatic amines is 2. The zero-order valence-electron chi connectivity index (χ0n) is 20.4. The second-order valence-electron chi connectivity index (χ2n) is 8.69. The molecule has 2 heterocycles. The molecule has 3 aromatic rings. The van der Waals surface area contributed by atoms with Crippen molar-refractivity contribution in [3.8, 4) is 0 Å². The lowest BCUT2D eigenvalue weighted by Gasteiger charge is -2.21. The lowest BCUT2D eigenvalue weighted by Crippen LogP contribution is -2.54. The van der Waals surface area contributed by atoms with Gasteiger partial charge in [-0.1, -0.05) is 18.2 Å². The predicted octanol–water partition coefficient (Wildman–Crippen LogP) is -1.56. The Bertz CT molecular complexity index is 1290. The highest BCUT2D eigenvalue weighted by Crippen LogP contribution is 2.19. The number of imidazole rings is 1. The van der Waals surface area contributed by atoms with Gasteiger partial charge in [0, 0.05) is 48.3 Å². The van der Waals surface area contributed by atoms with Crippen molar-refractivity contribution in [2.45, 2.75) is 43.8 Å². The number of fused-ring (bicyclic) bond motifs is 1. The number of carboxylic acid groups (broad SMARTS) is 1. The number of carbonyl (C=O) groups is 5. The van der Waals surface area contributed by atoms with Crippen molar-refractivity contribution in [1.82, 2.24) is 30.9 Å². The molecule has 14 nitrogen and oxygen atoms in total. The summed E-state index contributed by atoms with van der Waals surface area (Å²) in [4.78, 5) is 70.4. The van der Waals surface area contributed by atoms with E-state index in [0.29, 0.717) is 5.69 Å². The molecule has 202 valence electrons. The van der Waals surface area contributed by atoms with Crippen LogP contribution in [0, 0.1) is 0 Å². The van der Waals surface area contributed by atoms with E-state index in [2.05, 4.69) is 30.9 Å². The molecule has 0 radical (unpaired) electrons. The number of hydrogen-bond acceptors (Lipinski definition) is 7. The Kier molecular flexibility index (Phi) is 9.54. The lowest BCUT2D eigenvalue weighted by atomic mass is 10.0. The highest BCUT2D eigenvalue weighted by atomic mass is 16.4. The van der Waals surface area contributed by atoms with Crippen LogP contribution in [-0.2, 0) is 36.8 Å². The molecule has 0 spiro atoms. The summed E-state index contributed by atoms with van der Waals surface area (Å²) in [6, 6.07) is 3.96. The summed E-state index contributed by atoms with van der Waals surface area (Å²) in [7, 11) is 0. The molecule has 38 heavy (non-hydrogen) atoms. The van der Waals surface area contributed by atoms with E-state index in [1.807, 2.05) is 24.3 Å². The molecule has 2 aromatic heterocycles. The summed E-state index contributed by atoms with van der Waals surface area (Å²) in [5.41, 5.74) is 13.1. The van der Waals surface area contributed by atoms with Crippen molar-refractivity contribution in [3.05, 3.63) is 54.2 Å². The molecule has 0 saturated heterocycles. The van der Waals surface area contributed by atoms with Crippen molar-refractivity contribution >= 4 is 40.5 Å².